The van der Waals surface area contributed by atoms with Crippen molar-refractivity contribution in [1.82, 2.24) is 0 Å². The number of halogens is 2. The van der Waals surface area contributed by atoms with Crippen LogP contribution in [0.25, 0.3) is 0 Å². The van der Waals surface area contributed by atoms with Crippen molar-refractivity contribution in [2.45, 2.75) is 24.9 Å². The molecule has 0 aliphatic rings. The van der Waals surface area contributed by atoms with Crippen LogP contribution in [-0.4, -0.2) is 39.3 Å². The summed E-state index contributed by atoms with van der Waals surface area (Å²) in [7, 11) is 0. The van der Waals surface area contributed by atoms with Crippen LogP contribution in [0.1, 0.15) is 12.8 Å². The number of aliphatic hydroxyl groups is 1. The Hall–Kier alpha value is -1.24. The molecule has 0 unspecified atom stereocenters. The van der Waals surface area contributed by atoms with E-state index in [0.717, 1.165) is 0 Å². The highest BCUT2D eigenvalue weighted by atomic mass is 19.3. The summed E-state index contributed by atoms with van der Waals surface area (Å²) < 4.78 is 24.1. The van der Waals surface area contributed by atoms with Crippen molar-refractivity contribution in [1.29, 1.82) is 0 Å². The van der Waals surface area contributed by atoms with Crippen molar-refractivity contribution in [2.24, 2.45) is 0 Å². The van der Waals surface area contributed by atoms with E-state index in [9.17, 15) is 18.4 Å². The Bertz CT molecular complexity index is 199. The van der Waals surface area contributed by atoms with Gasteiger partial charge in [-0.3, -0.25) is 9.59 Å². The molecule has 0 bridgehead atoms. The molecule has 0 saturated carbocycles. The standard InChI is InChI=1S/C6H8F2O5/c7-5(8)6(13,1-3(9)10)2-4(11)12/h5,13H,1-2H2,(H,9,10)(H,11,12). The van der Waals surface area contributed by atoms with Crippen LogP contribution >= 0.6 is 0 Å². The monoisotopic (exact) mass is 198 g/mol. The molecule has 0 aliphatic carbocycles. The molecule has 5 nitrogen and oxygen atoms in total. The maximum absolute atomic E-state index is 12.0. The van der Waals surface area contributed by atoms with E-state index in [-0.39, 0.29) is 0 Å². The zero-order valence-electron chi connectivity index (χ0n) is 6.41. The number of hydrogen-bond donors (Lipinski definition) is 3. The van der Waals surface area contributed by atoms with Crippen LogP contribution in [0.2, 0.25) is 0 Å². The summed E-state index contributed by atoms with van der Waals surface area (Å²) in [4.78, 5) is 20.0. The van der Waals surface area contributed by atoms with Gasteiger partial charge < -0.3 is 15.3 Å². The number of carboxylic acids is 2. The Morgan fingerprint density at radius 2 is 1.46 bits per heavy atom. The largest absolute Gasteiger partial charge is 0.481 e. The fraction of sp³-hybridized carbons (Fsp3) is 0.667. The topological polar surface area (TPSA) is 94.8 Å². The first-order valence-electron chi connectivity index (χ1n) is 3.22. The number of carbonyl (C=O) groups is 2. The molecule has 76 valence electrons. The Balaban J connectivity index is 4.52. The number of alkyl halides is 2. The molecule has 7 heteroatoms. The van der Waals surface area contributed by atoms with Gasteiger partial charge in [0.15, 0.2) is 0 Å². The third-order valence-corrected chi connectivity index (χ3v) is 1.32. The van der Waals surface area contributed by atoms with E-state index in [0.29, 0.717) is 0 Å². The van der Waals surface area contributed by atoms with Crippen molar-refractivity contribution < 1.29 is 33.7 Å². The van der Waals surface area contributed by atoms with Crippen LogP contribution in [-0.2, 0) is 9.59 Å². The van der Waals surface area contributed by atoms with Gasteiger partial charge >= 0.3 is 11.9 Å². The predicted molar refractivity (Wildman–Crippen MR) is 35.5 cm³/mol. The molecule has 0 fully saturated rings. The molecule has 0 aromatic heterocycles. The fourth-order valence-electron chi connectivity index (χ4n) is 0.741. The van der Waals surface area contributed by atoms with E-state index < -0.39 is 36.8 Å². The van der Waals surface area contributed by atoms with Gasteiger partial charge in [0, 0.05) is 0 Å². The second-order valence-electron chi connectivity index (χ2n) is 2.55. The fourth-order valence-corrected chi connectivity index (χ4v) is 0.741. The minimum Gasteiger partial charge on any atom is -0.481 e. The third kappa shape index (κ3) is 3.79. The van der Waals surface area contributed by atoms with Crippen LogP contribution in [0, 0.1) is 0 Å². The smallest absolute Gasteiger partial charge is 0.306 e. The summed E-state index contributed by atoms with van der Waals surface area (Å²) in [6, 6.07) is 0. The molecule has 13 heavy (non-hydrogen) atoms. The highest BCUT2D eigenvalue weighted by Gasteiger charge is 2.42. The van der Waals surface area contributed by atoms with Crippen LogP contribution in [0.15, 0.2) is 0 Å². The van der Waals surface area contributed by atoms with E-state index in [1.807, 2.05) is 0 Å². The third-order valence-electron chi connectivity index (χ3n) is 1.32. The molecule has 0 saturated heterocycles. The molecule has 0 atom stereocenters. The normalized spacial score (nSPS) is 11.7. The summed E-state index contributed by atoms with van der Waals surface area (Å²) in [5.41, 5.74) is -2.99. The summed E-state index contributed by atoms with van der Waals surface area (Å²) in [5.74, 6) is -3.35. The van der Waals surface area contributed by atoms with Gasteiger partial charge in [-0.05, 0) is 0 Å². The molecule has 0 spiro atoms. The van der Waals surface area contributed by atoms with Crippen LogP contribution < -0.4 is 0 Å². The molecule has 0 aliphatic heterocycles. The van der Waals surface area contributed by atoms with Crippen molar-refractivity contribution >= 4 is 11.9 Å². The summed E-state index contributed by atoms with van der Waals surface area (Å²) in [5, 5.41) is 25.2. The van der Waals surface area contributed by atoms with Gasteiger partial charge in [0.25, 0.3) is 6.43 Å². The highest BCUT2D eigenvalue weighted by molar-refractivity contribution is 5.72. The maximum atomic E-state index is 12.0. The lowest BCUT2D eigenvalue weighted by Gasteiger charge is -2.22. The highest BCUT2D eigenvalue weighted by Crippen LogP contribution is 2.23. The minimum atomic E-state index is -3.40. The summed E-state index contributed by atoms with van der Waals surface area (Å²) >= 11 is 0. The van der Waals surface area contributed by atoms with Gasteiger partial charge in [-0.25, -0.2) is 8.78 Å². The van der Waals surface area contributed by atoms with Crippen LogP contribution in [0.5, 0.6) is 0 Å². The lowest BCUT2D eigenvalue weighted by Crippen LogP contribution is -2.41. The molecule has 0 aromatic carbocycles. The molecule has 0 radical (unpaired) electrons. The zero-order chi connectivity index (χ0) is 10.6. The molecule has 3 N–H and O–H groups in total. The Kier molecular flexibility index (Phi) is 3.73. The Labute approximate surface area is 71.6 Å². The van der Waals surface area contributed by atoms with Crippen molar-refractivity contribution in [3.63, 3.8) is 0 Å². The van der Waals surface area contributed by atoms with E-state index >= 15 is 0 Å². The zero-order valence-corrected chi connectivity index (χ0v) is 6.41. The van der Waals surface area contributed by atoms with E-state index in [1.54, 1.807) is 0 Å². The van der Waals surface area contributed by atoms with Gasteiger partial charge in [-0.2, -0.15) is 0 Å². The Morgan fingerprint density at radius 3 is 1.62 bits per heavy atom. The first kappa shape index (κ1) is 11.8. The number of hydrogen-bond acceptors (Lipinski definition) is 3. The van der Waals surface area contributed by atoms with Gasteiger partial charge in [-0.15, -0.1) is 0 Å². The average molecular weight is 198 g/mol. The first-order valence-corrected chi connectivity index (χ1v) is 3.22. The lowest BCUT2D eigenvalue weighted by molar-refractivity contribution is -0.163. The number of rotatable bonds is 5. The molecular weight excluding hydrogens is 190 g/mol. The van der Waals surface area contributed by atoms with Crippen molar-refractivity contribution in [2.75, 3.05) is 0 Å². The second kappa shape index (κ2) is 4.13. The van der Waals surface area contributed by atoms with Gasteiger partial charge in [0.05, 0.1) is 12.8 Å². The molecule has 0 aromatic rings. The number of carboxylic acid groups (broad SMARTS) is 2. The quantitative estimate of drug-likeness (QED) is 0.574. The SMILES string of the molecule is O=C(O)CC(O)(CC(=O)O)C(F)F. The van der Waals surface area contributed by atoms with E-state index in [2.05, 4.69) is 0 Å². The van der Waals surface area contributed by atoms with Gasteiger partial charge in [-0.1, -0.05) is 0 Å². The number of aliphatic carboxylic acids is 2. The summed E-state index contributed by atoms with van der Waals surface area (Å²) in [6.07, 6.45) is -5.99. The minimum absolute atomic E-state index is 1.29. The van der Waals surface area contributed by atoms with Crippen molar-refractivity contribution in [3.8, 4) is 0 Å². The van der Waals surface area contributed by atoms with E-state index in [4.69, 9.17) is 15.3 Å². The molecular formula is C6H8F2O5. The molecule has 0 amide bonds. The van der Waals surface area contributed by atoms with Crippen molar-refractivity contribution in [3.05, 3.63) is 0 Å². The van der Waals surface area contributed by atoms with Crippen LogP contribution in [0.3, 0.4) is 0 Å². The maximum Gasteiger partial charge on any atom is 0.306 e. The van der Waals surface area contributed by atoms with Gasteiger partial charge in [0.1, 0.15) is 5.60 Å². The second-order valence-corrected chi connectivity index (χ2v) is 2.55. The Morgan fingerprint density at radius 1 is 1.15 bits per heavy atom. The molecule has 0 heterocycles. The predicted octanol–water partition coefficient (Wildman–Crippen LogP) is -0.0680. The lowest BCUT2D eigenvalue weighted by atomic mass is 9.96. The average Bonchev–Trinajstić information content (AvgIpc) is 1.82. The van der Waals surface area contributed by atoms with Gasteiger partial charge in [0.2, 0.25) is 0 Å². The first-order chi connectivity index (χ1) is 5.78. The molecule has 0 rings (SSSR count). The summed E-state index contributed by atoms with van der Waals surface area (Å²) in [6.45, 7) is 0. The van der Waals surface area contributed by atoms with E-state index in [1.165, 1.54) is 0 Å². The van der Waals surface area contributed by atoms with Crippen LogP contribution in [0.4, 0.5) is 8.78 Å².